The molecule has 1 fully saturated rings. The standard InChI is InChI=1S/C17H16BrCl2N/c18-11-5-6-14(17(20)9-11)12-7-8-21-10-15(12)13-3-1-2-4-16(13)19/h1-6,9,12,15,21H,7-8,10H2. The number of nitrogens with one attached hydrogen (secondary N) is 1. The van der Waals surface area contributed by atoms with E-state index in [1.807, 2.05) is 18.2 Å². The van der Waals surface area contributed by atoms with E-state index in [9.17, 15) is 0 Å². The van der Waals surface area contributed by atoms with Gasteiger partial charge in [0.25, 0.3) is 0 Å². The van der Waals surface area contributed by atoms with Crippen LogP contribution in [0.2, 0.25) is 10.0 Å². The highest BCUT2D eigenvalue weighted by Crippen LogP contribution is 2.42. The largest absolute Gasteiger partial charge is 0.316 e. The van der Waals surface area contributed by atoms with Crippen LogP contribution in [0.1, 0.15) is 29.4 Å². The number of benzene rings is 2. The summed E-state index contributed by atoms with van der Waals surface area (Å²) >= 11 is 16.4. The van der Waals surface area contributed by atoms with Gasteiger partial charge < -0.3 is 5.32 Å². The molecule has 2 aromatic carbocycles. The third-order valence-corrected chi connectivity index (χ3v) is 5.31. The van der Waals surface area contributed by atoms with E-state index in [0.29, 0.717) is 11.8 Å². The Morgan fingerprint density at radius 1 is 0.952 bits per heavy atom. The molecule has 1 saturated heterocycles. The van der Waals surface area contributed by atoms with Crippen LogP contribution in [-0.2, 0) is 0 Å². The van der Waals surface area contributed by atoms with E-state index in [1.54, 1.807) is 0 Å². The molecule has 0 aliphatic carbocycles. The first-order valence-corrected chi connectivity index (χ1v) is 8.62. The molecule has 2 unspecified atom stereocenters. The molecule has 0 saturated carbocycles. The van der Waals surface area contributed by atoms with Crippen LogP contribution in [0.25, 0.3) is 0 Å². The average Bonchev–Trinajstić information content (AvgIpc) is 2.48. The molecule has 1 N–H and O–H groups in total. The Hall–Kier alpha value is -0.540. The van der Waals surface area contributed by atoms with Gasteiger partial charge in [0, 0.05) is 27.0 Å². The summed E-state index contributed by atoms with van der Waals surface area (Å²) in [4.78, 5) is 0. The van der Waals surface area contributed by atoms with Crippen LogP contribution in [0.15, 0.2) is 46.9 Å². The maximum Gasteiger partial charge on any atom is 0.0452 e. The summed E-state index contributed by atoms with van der Waals surface area (Å²) in [7, 11) is 0. The lowest BCUT2D eigenvalue weighted by Crippen LogP contribution is -2.34. The second-order valence-electron chi connectivity index (χ2n) is 5.39. The maximum atomic E-state index is 6.47. The highest BCUT2D eigenvalue weighted by Gasteiger charge is 2.30. The monoisotopic (exact) mass is 383 g/mol. The first-order chi connectivity index (χ1) is 10.2. The molecule has 21 heavy (non-hydrogen) atoms. The minimum Gasteiger partial charge on any atom is -0.316 e. The summed E-state index contributed by atoms with van der Waals surface area (Å²) in [5.41, 5.74) is 2.42. The van der Waals surface area contributed by atoms with Gasteiger partial charge in [-0.3, -0.25) is 0 Å². The Morgan fingerprint density at radius 2 is 1.71 bits per heavy atom. The van der Waals surface area contributed by atoms with Gasteiger partial charge in [-0.05, 0) is 48.2 Å². The van der Waals surface area contributed by atoms with E-state index < -0.39 is 0 Å². The van der Waals surface area contributed by atoms with Gasteiger partial charge in [-0.2, -0.15) is 0 Å². The van der Waals surface area contributed by atoms with Crippen molar-refractivity contribution in [2.24, 2.45) is 0 Å². The van der Waals surface area contributed by atoms with Gasteiger partial charge in [0.1, 0.15) is 0 Å². The fourth-order valence-corrected chi connectivity index (χ4v) is 4.22. The molecule has 3 rings (SSSR count). The van der Waals surface area contributed by atoms with Crippen molar-refractivity contribution in [3.63, 3.8) is 0 Å². The van der Waals surface area contributed by atoms with Crippen molar-refractivity contribution in [3.05, 3.63) is 68.1 Å². The van der Waals surface area contributed by atoms with Gasteiger partial charge in [0.15, 0.2) is 0 Å². The predicted molar refractivity (Wildman–Crippen MR) is 93.6 cm³/mol. The molecule has 0 amide bonds. The smallest absolute Gasteiger partial charge is 0.0452 e. The molecule has 0 spiro atoms. The van der Waals surface area contributed by atoms with E-state index in [-0.39, 0.29) is 0 Å². The van der Waals surface area contributed by atoms with Crippen molar-refractivity contribution in [1.29, 1.82) is 0 Å². The summed E-state index contributed by atoms with van der Waals surface area (Å²) in [6.07, 6.45) is 1.07. The molecule has 0 radical (unpaired) electrons. The van der Waals surface area contributed by atoms with E-state index in [0.717, 1.165) is 34.0 Å². The van der Waals surface area contributed by atoms with Crippen molar-refractivity contribution in [2.75, 3.05) is 13.1 Å². The second-order valence-corrected chi connectivity index (χ2v) is 7.12. The minimum absolute atomic E-state index is 0.353. The first kappa shape index (κ1) is 15.4. The fourth-order valence-electron chi connectivity index (χ4n) is 3.14. The molecule has 0 bridgehead atoms. The lowest BCUT2D eigenvalue weighted by molar-refractivity contribution is 0.404. The Balaban J connectivity index is 2.00. The van der Waals surface area contributed by atoms with E-state index in [4.69, 9.17) is 23.2 Å². The minimum atomic E-state index is 0.353. The van der Waals surface area contributed by atoms with Crippen LogP contribution in [0.3, 0.4) is 0 Å². The zero-order valence-corrected chi connectivity index (χ0v) is 14.5. The van der Waals surface area contributed by atoms with Crippen LogP contribution in [0.5, 0.6) is 0 Å². The zero-order chi connectivity index (χ0) is 14.8. The molecule has 2 atom stereocenters. The lowest BCUT2D eigenvalue weighted by atomic mass is 9.77. The van der Waals surface area contributed by atoms with Gasteiger partial charge >= 0.3 is 0 Å². The predicted octanol–water partition coefficient (Wildman–Crippen LogP) is 5.62. The number of hydrogen-bond donors (Lipinski definition) is 1. The molecular formula is C17H16BrCl2N. The van der Waals surface area contributed by atoms with Crippen molar-refractivity contribution in [3.8, 4) is 0 Å². The van der Waals surface area contributed by atoms with Gasteiger partial charge in [-0.25, -0.2) is 0 Å². The van der Waals surface area contributed by atoms with Crippen molar-refractivity contribution in [1.82, 2.24) is 5.32 Å². The van der Waals surface area contributed by atoms with Crippen LogP contribution in [0.4, 0.5) is 0 Å². The molecule has 1 aliphatic rings. The Morgan fingerprint density at radius 3 is 2.48 bits per heavy atom. The van der Waals surface area contributed by atoms with Crippen LogP contribution in [0, 0.1) is 0 Å². The van der Waals surface area contributed by atoms with E-state index in [1.165, 1.54) is 11.1 Å². The summed E-state index contributed by atoms with van der Waals surface area (Å²) in [6, 6.07) is 14.3. The lowest BCUT2D eigenvalue weighted by Gasteiger charge is -2.34. The molecular weight excluding hydrogens is 369 g/mol. The van der Waals surface area contributed by atoms with Gasteiger partial charge in [0.05, 0.1) is 0 Å². The van der Waals surface area contributed by atoms with Crippen molar-refractivity contribution < 1.29 is 0 Å². The summed E-state index contributed by atoms with van der Waals surface area (Å²) in [6.45, 7) is 1.94. The number of piperidine rings is 1. The molecule has 1 heterocycles. The van der Waals surface area contributed by atoms with E-state index in [2.05, 4.69) is 45.5 Å². The molecule has 1 nitrogen and oxygen atoms in total. The zero-order valence-electron chi connectivity index (χ0n) is 11.5. The quantitative estimate of drug-likeness (QED) is 0.708. The molecule has 0 aromatic heterocycles. The van der Waals surface area contributed by atoms with Crippen molar-refractivity contribution >= 4 is 39.1 Å². The molecule has 2 aromatic rings. The third-order valence-electron chi connectivity index (χ3n) is 4.15. The second kappa shape index (κ2) is 6.70. The Bertz CT molecular complexity index is 644. The average molecular weight is 385 g/mol. The Kier molecular flexibility index (Phi) is 4.90. The van der Waals surface area contributed by atoms with Crippen molar-refractivity contribution in [2.45, 2.75) is 18.3 Å². The molecule has 1 aliphatic heterocycles. The number of halogens is 3. The summed E-state index contributed by atoms with van der Waals surface area (Å²) in [5.74, 6) is 0.748. The Labute approximate surface area is 143 Å². The van der Waals surface area contributed by atoms with Gasteiger partial charge in [-0.1, -0.05) is 63.4 Å². The van der Waals surface area contributed by atoms with Crippen LogP contribution < -0.4 is 5.32 Å². The maximum absolute atomic E-state index is 6.47. The first-order valence-electron chi connectivity index (χ1n) is 7.07. The molecule has 4 heteroatoms. The van der Waals surface area contributed by atoms with E-state index >= 15 is 0 Å². The van der Waals surface area contributed by atoms with Crippen LogP contribution >= 0.6 is 39.1 Å². The summed E-state index contributed by atoms with van der Waals surface area (Å²) in [5, 5.41) is 5.14. The highest BCUT2D eigenvalue weighted by atomic mass is 79.9. The topological polar surface area (TPSA) is 12.0 Å². The number of hydrogen-bond acceptors (Lipinski definition) is 1. The normalized spacial score (nSPS) is 22.2. The number of rotatable bonds is 2. The van der Waals surface area contributed by atoms with Gasteiger partial charge in [-0.15, -0.1) is 0 Å². The SMILES string of the molecule is Clc1cc(Br)ccc1C1CCNCC1c1ccccc1Cl. The fraction of sp³-hybridized carbons (Fsp3) is 0.294. The third kappa shape index (κ3) is 3.29. The molecule has 110 valence electrons. The summed E-state index contributed by atoms with van der Waals surface area (Å²) < 4.78 is 1.01. The van der Waals surface area contributed by atoms with Crippen LogP contribution in [-0.4, -0.2) is 13.1 Å². The van der Waals surface area contributed by atoms with Gasteiger partial charge in [0.2, 0.25) is 0 Å². The highest BCUT2D eigenvalue weighted by molar-refractivity contribution is 9.10.